The lowest BCUT2D eigenvalue weighted by atomic mass is 9.38. The Labute approximate surface area is 369 Å². The number of fused-ring (bicyclic) bond motifs is 6. The molecule has 0 aromatic carbocycles. The predicted octanol–water partition coefficient (Wildman–Crippen LogP) is 3.60. The van der Waals surface area contributed by atoms with Crippen LogP contribution in [0.1, 0.15) is 133 Å². The van der Waals surface area contributed by atoms with Crippen LogP contribution in [0.2, 0.25) is 0 Å². The smallest absolute Gasteiger partial charge is 0.303 e. The summed E-state index contributed by atoms with van der Waals surface area (Å²) in [6.45, 7) is 16.3. The molecule has 0 amide bonds. The van der Waals surface area contributed by atoms with Gasteiger partial charge in [0.1, 0.15) is 35.8 Å². The molecule has 8 rings (SSSR count). The molecule has 2 spiro atoms. The number of hydrogen-bond acceptors (Lipinski definition) is 15. The van der Waals surface area contributed by atoms with Crippen LogP contribution in [0.25, 0.3) is 0 Å². The van der Waals surface area contributed by atoms with Gasteiger partial charge in [-0.05, 0) is 86.9 Å². The van der Waals surface area contributed by atoms with Gasteiger partial charge in [-0.15, -0.1) is 0 Å². The first-order valence-electron chi connectivity index (χ1n) is 23.2. The Balaban J connectivity index is 1.14. The molecule has 0 aliphatic heterocycles. The van der Waals surface area contributed by atoms with E-state index in [9.17, 15) is 39.6 Å². The molecule has 19 atom stereocenters. The molecule has 350 valence electrons. The fraction of sp³-hybridized carbons (Fsp3) is 0.854. The van der Waals surface area contributed by atoms with Gasteiger partial charge in [-0.3, -0.25) is 33.6 Å². The van der Waals surface area contributed by atoms with E-state index in [1.165, 1.54) is 27.7 Å². The van der Waals surface area contributed by atoms with E-state index >= 15 is 14.4 Å². The minimum atomic E-state index is -2.11. The van der Waals surface area contributed by atoms with Gasteiger partial charge in [0, 0.05) is 68.1 Å². The van der Waals surface area contributed by atoms with Crippen LogP contribution in [0.15, 0.2) is 0 Å². The molecular formula is C48H68O15. The lowest BCUT2D eigenvalue weighted by Gasteiger charge is -2.67. The third kappa shape index (κ3) is 6.05. The maximum atomic E-state index is 15.4. The van der Waals surface area contributed by atoms with Crippen LogP contribution in [-0.4, -0.2) is 110 Å². The first-order valence-corrected chi connectivity index (χ1v) is 23.2. The Morgan fingerprint density at radius 1 is 0.651 bits per heavy atom. The Hall–Kier alpha value is -3.27. The summed E-state index contributed by atoms with van der Waals surface area (Å²) >= 11 is 0. The van der Waals surface area contributed by atoms with Crippen molar-refractivity contribution >= 4 is 41.2 Å². The van der Waals surface area contributed by atoms with Gasteiger partial charge in [0.15, 0.2) is 17.7 Å². The molecule has 8 saturated carbocycles. The van der Waals surface area contributed by atoms with Crippen LogP contribution < -0.4 is 0 Å². The van der Waals surface area contributed by atoms with Gasteiger partial charge >= 0.3 is 23.9 Å². The number of aliphatic hydroxyl groups excluding tert-OH is 3. The summed E-state index contributed by atoms with van der Waals surface area (Å²) in [5, 5.41) is 49.9. The fourth-order valence-corrected chi connectivity index (χ4v) is 17.6. The average molecular weight is 885 g/mol. The van der Waals surface area contributed by atoms with Crippen molar-refractivity contribution in [1.82, 2.24) is 0 Å². The Kier molecular flexibility index (Phi) is 10.7. The molecule has 0 saturated heterocycles. The largest absolute Gasteiger partial charge is 0.462 e. The zero-order valence-corrected chi connectivity index (χ0v) is 38.4. The highest BCUT2D eigenvalue weighted by atomic mass is 16.6. The highest BCUT2D eigenvalue weighted by Crippen LogP contribution is 2.74. The fourth-order valence-electron chi connectivity index (χ4n) is 17.6. The van der Waals surface area contributed by atoms with Crippen LogP contribution in [0.3, 0.4) is 0 Å². The average Bonchev–Trinajstić information content (AvgIpc) is 3.46. The van der Waals surface area contributed by atoms with Gasteiger partial charge < -0.3 is 39.4 Å². The zero-order valence-electron chi connectivity index (χ0n) is 38.4. The van der Waals surface area contributed by atoms with Gasteiger partial charge in [-0.25, -0.2) is 0 Å². The van der Waals surface area contributed by atoms with E-state index in [2.05, 4.69) is 0 Å². The van der Waals surface area contributed by atoms with Crippen molar-refractivity contribution in [3.05, 3.63) is 0 Å². The van der Waals surface area contributed by atoms with Crippen molar-refractivity contribution in [2.24, 2.45) is 73.9 Å². The number of hydrogen-bond donors (Lipinski definition) is 4. The summed E-state index contributed by atoms with van der Waals surface area (Å²) in [7, 11) is 0. The number of ether oxygens (including phenoxy) is 4. The van der Waals surface area contributed by atoms with Crippen molar-refractivity contribution in [3.8, 4) is 0 Å². The Bertz CT molecular complexity index is 2010. The van der Waals surface area contributed by atoms with Gasteiger partial charge in [-0.2, -0.15) is 0 Å². The van der Waals surface area contributed by atoms with Crippen LogP contribution >= 0.6 is 0 Å². The molecule has 0 heterocycles. The SMILES string of the molecule is CC(=O)O[C@@H]1[C@@H]2C(C)(C)[C@@H](OC(C)=O)CC[C@@]2(C)[C@@H]2[C@@H](O)C[C@@H]3C[C@]2(C(=O)[C@]3(O)CC[C@H]2C(=O)[C@]34C[C@H]2C[C@H](O)[C@H]3[C@]2(C)CC[C@H](OC(C)=O)C(C)(C)[C@H]2C(=O)[C@@H]4OC(C)=O)[C@H]1O. The minimum Gasteiger partial charge on any atom is -0.462 e. The van der Waals surface area contributed by atoms with E-state index in [1.807, 2.05) is 41.5 Å². The van der Waals surface area contributed by atoms with E-state index in [-0.39, 0.29) is 44.3 Å². The van der Waals surface area contributed by atoms with Gasteiger partial charge in [0.25, 0.3) is 0 Å². The number of Topliss-reactive ketones (excluding diaryl/α,β-unsaturated/α-hetero) is 3. The molecule has 8 aliphatic rings. The molecule has 4 bridgehead atoms. The maximum absolute atomic E-state index is 15.4. The highest BCUT2D eigenvalue weighted by Gasteiger charge is 2.81. The maximum Gasteiger partial charge on any atom is 0.303 e. The van der Waals surface area contributed by atoms with Crippen LogP contribution in [0.5, 0.6) is 0 Å². The van der Waals surface area contributed by atoms with Crippen molar-refractivity contribution < 1.29 is 72.9 Å². The summed E-state index contributed by atoms with van der Waals surface area (Å²) in [6.07, 6.45) is -6.12. The lowest BCUT2D eigenvalue weighted by molar-refractivity contribution is -0.282. The number of esters is 4. The third-order valence-corrected chi connectivity index (χ3v) is 19.1. The van der Waals surface area contributed by atoms with Crippen LogP contribution in [0, 0.1) is 73.9 Å². The van der Waals surface area contributed by atoms with Gasteiger partial charge in [0.2, 0.25) is 0 Å². The van der Waals surface area contributed by atoms with Crippen molar-refractivity contribution in [3.63, 3.8) is 0 Å². The Morgan fingerprint density at radius 2 is 1.17 bits per heavy atom. The number of ketones is 3. The molecular weight excluding hydrogens is 817 g/mol. The van der Waals surface area contributed by atoms with Gasteiger partial charge in [-0.1, -0.05) is 41.5 Å². The molecule has 0 aromatic rings. The monoisotopic (exact) mass is 884 g/mol. The highest BCUT2D eigenvalue weighted by molar-refractivity contribution is 6.02. The minimum absolute atomic E-state index is 0.0120. The summed E-state index contributed by atoms with van der Waals surface area (Å²) < 4.78 is 23.4. The summed E-state index contributed by atoms with van der Waals surface area (Å²) in [6, 6.07) is 0. The lowest BCUT2D eigenvalue weighted by Crippen LogP contribution is -2.73. The molecule has 15 nitrogen and oxygen atoms in total. The molecule has 4 N–H and O–H groups in total. The van der Waals surface area contributed by atoms with E-state index in [0.717, 1.165) is 0 Å². The molecule has 0 radical (unpaired) electrons. The summed E-state index contributed by atoms with van der Waals surface area (Å²) in [4.78, 5) is 95.9. The molecule has 0 aromatic heterocycles. The zero-order chi connectivity index (χ0) is 46.5. The standard InChI is InChI=1S/C48H68O15/c1-21(49)60-30-12-14-44(9)34-28(53)17-25-19-46(34,40(63-24(4)52)32(55)36(44)42(30,5)6)38(56)27(25)11-16-48(59)26-18-29(54)35-45(10)15-13-31(61-22(2)50)43(7,8)37(45)33(62-23(3)51)39(57)47(35,20-26)41(48)58/h25-31,33-37,39-40,53-54,57,59H,11-20H2,1-10H3/t25-,26-,27-,28+,29+,30+,31+,33-,34+,35+,36-,37-,39+,40+,44+,45+,46+,47-,48+/m1/s1. The molecule has 15 heteroatoms. The van der Waals surface area contributed by atoms with Gasteiger partial charge in [0.05, 0.1) is 23.0 Å². The molecule has 8 fully saturated rings. The number of carbonyl (C=O) groups excluding carboxylic acids is 7. The number of carbonyl (C=O) groups is 7. The van der Waals surface area contributed by atoms with Crippen LogP contribution in [-0.2, 0) is 52.5 Å². The quantitative estimate of drug-likeness (QED) is 0.211. The second kappa shape index (κ2) is 14.6. The predicted molar refractivity (Wildman–Crippen MR) is 219 cm³/mol. The normalized spacial score (nSPS) is 50.0. The Morgan fingerprint density at radius 3 is 1.75 bits per heavy atom. The van der Waals surface area contributed by atoms with Crippen molar-refractivity contribution in [2.45, 2.75) is 182 Å². The molecule has 63 heavy (non-hydrogen) atoms. The summed E-state index contributed by atoms with van der Waals surface area (Å²) in [5.41, 5.74) is -9.09. The second-order valence-corrected chi connectivity index (χ2v) is 23.0. The first kappa shape index (κ1) is 46.3. The number of aliphatic hydroxyl groups is 4. The van der Waals surface area contributed by atoms with Crippen molar-refractivity contribution in [2.75, 3.05) is 0 Å². The molecule has 0 unspecified atom stereocenters. The second-order valence-electron chi connectivity index (χ2n) is 23.0. The van der Waals surface area contributed by atoms with E-state index < -0.39 is 158 Å². The summed E-state index contributed by atoms with van der Waals surface area (Å²) in [5.74, 6) is -9.16. The van der Waals surface area contributed by atoms with Crippen molar-refractivity contribution in [1.29, 1.82) is 0 Å². The third-order valence-electron chi connectivity index (χ3n) is 19.1. The topological polar surface area (TPSA) is 237 Å². The van der Waals surface area contributed by atoms with Crippen LogP contribution in [0.4, 0.5) is 0 Å². The van der Waals surface area contributed by atoms with E-state index in [4.69, 9.17) is 18.9 Å². The van der Waals surface area contributed by atoms with E-state index in [0.29, 0.717) is 25.7 Å². The molecule has 8 aliphatic carbocycles. The van der Waals surface area contributed by atoms with E-state index in [1.54, 1.807) is 0 Å². The number of rotatable bonds is 7. The first-order chi connectivity index (χ1) is 29.1.